The summed E-state index contributed by atoms with van der Waals surface area (Å²) in [4.78, 5) is 23.8. The second-order valence-corrected chi connectivity index (χ2v) is 3.88. The number of carbonyl (C=O) groups excluding carboxylic acids is 1. The van der Waals surface area contributed by atoms with Crippen LogP contribution in [-0.4, -0.2) is 33.9 Å². The zero-order valence-corrected chi connectivity index (χ0v) is 10.7. The van der Waals surface area contributed by atoms with Crippen molar-refractivity contribution >= 4 is 23.1 Å². The summed E-state index contributed by atoms with van der Waals surface area (Å²) in [7, 11) is 0. The minimum atomic E-state index is -0.445. The predicted molar refractivity (Wildman–Crippen MR) is 76.2 cm³/mol. The van der Waals surface area contributed by atoms with Gasteiger partial charge in [0.15, 0.2) is 11.5 Å². The first-order valence-corrected chi connectivity index (χ1v) is 5.98. The van der Waals surface area contributed by atoms with E-state index in [0.29, 0.717) is 18.8 Å². The van der Waals surface area contributed by atoms with Gasteiger partial charge in [-0.1, -0.05) is 0 Å². The van der Waals surface area contributed by atoms with Crippen molar-refractivity contribution in [2.75, 3.05) is 29.5 Å². The fraction of sp³-hybridized carbons (Fsp3) is 0.167. The molecule has 0 bridgehead atoms. The van der Waals surface area contributed by atoms with Crippen molar-refractivity contribution in [2.24, 2.45) is 5.73 Å². The lowest BCUT2D eigenvalue weighted by Crippen LogP contribution is -2.19. The Bertz CT molecular complexity index is 602. The topological polar surface area (TPSA) is 132 Å². The Labute approximate surface area is 115 Å². The quantitative estimate of drug-likeness (QED) is 0.606. The van der Waals surface area contributed by atoms with Crippen molar-refractivity contribution in [3.63, 3.8) is 0 Å². The number of nitrogen functional groups attached to an aromatic ring is 1. The normalized spacial score (nSPS) is 10.1. The molecule has 0 radical (unpaired) electrons. The second-order valence-electron chi connectivity index (χ2n) is 3.88. The minimum Gasteiger partial charge on any atom is -0.382 e. The van der Waals surface area contributed by atoms with E-state index in [1.54, 1.807) is 12.3 Å². The zero-order valence-electron chi connectivity index (χ0n) is 10.7. The zero-order chi connectivity index (χ0) is 14.4. The van der Waals surface area contributed by atoms with Crippen molar-refractivity contribution < 1.29 is 4.79 Å². The van der Waals surface area contributed by atoms with E-state index in [-0.39, 0.29) is 11.5 Å². The van der Waals surface area contributed by atoms with E-state index in [4.69, 9.17) is 11.5 Å². The third-order valence-corrected chi connectivity index (χ3v) is 2.47. The highest BCUT2D eigenvalue weighted by molar-refractivity contribution is 6.06. The number of nitrogens with zero attached hydrogens (tertiary/aromatic N) is 3. The van der Waals surface area contributed by atoms with E-state index >= 15 is 0 Å². The van der Waals surface area contributed by atoms with Crippen LogP contribution in [0.15, 0.2) is 30.9 Å². The van der Waals surface area contributed by atoms with E-state index in [9.17, 15) is 4.79 Å². The first-order valence-electron chi connectivity index (χ1n) is 5.98. The van der Waals surface area contributed by atoms with Crippen molar-refractivity contribution in [1.82, 2.24) is 15.0 Å². The minimum absolute atomic E-state index is 0.0705. The van der Waals surface area contributed by atoms with Crippen molar-refractivity contribution in [1.29, 1.82) is 0 Å². The summed E-state index contributed by atoms with van der Waals surface area (Å²) >= 11 is 0. The Hall–Kier alpha value is -2.74. The fourth-order valence-corrected chi connectivity index (χ4v) is 1.56. The Morgan fingerprint density at radius 1 is 1.20 bits per heavy atom. The van der Waals surface area contributed by atoms with E-state index < -0.39 is 5.91 Å². The highest BCUT2D eigenvalue weighted by Crippen LogP contribution is 2.20. The van der Waals surface area contributed by atoms with Crippen LogP contribution in [0.25, 0.3) is 0 Å². The SMILES string of the molecule is NCCNc1ccncc1NC(=O)c1nccnc1N. The van der Waals surface area contributed by atoms with Crippen LogP contribution in [0.5, 0.6) is 0 Å². The molecule has 0 aromatic carbocycles. The number of aromatic nitrogens is 3. The van der Waals surface area contributed by atoms with Crippen LogP contribution >= 0.6 is 0 Å². The number of rotatable bonds is 5. The molecule has 0 saturated heterocycles. The second kappa shape index (κ2) is 6.43. The summed E-state index contributed by atoms with van der Waals surface area (Å²) in [5, 5.41) is 5.78. The van der Waals surface area contributed by atoms with Gasteiger partial charge in [-0.25, -0.2) is 9.97 Å². The molecule has 2 aromatic heterocycles. The monoisotopic (exact) mass is 273 g/mol. The number of pyridine rings is 1. The van der Waals surface area contributed by atoms with E-state index in [1.807, 2.05) is 0 Å². The van der Waals surface area contributed by atoms with Crippen LogP contribution in [0.3, 0.4) is 0 Å². The molecule has 2 aromatic rings. The lowest BCUT2D eigenvalue weighted by molar-refractivity contribution is 0.102. The van der Waals surface area contributed by atoms with Crippen molar-refractivity contribution in [2.45, 2.75) is 0 Å². The van der Waals surface area contributed by atoms with Gasteiger partial charge in [0.1, 0.15) is 0 Å². The van der Waals surface area contributed by atoms with Crippen molar-refractivity contribution in [3.8, 4) is 0 Å². The largest absolute Gasteiger partial charge is 0.382 e. The molecule has 0 aliphatic carbocycles. The van der Waals surface area contributed by atoms with Gasteiger partial charge in [0, 0.05) is 31.7 Å². The molecule has 0 aliphatic rings. The molecule has 20 heavy (non-hydrogen) atoms. The van der Waals surface area contributed by atoms with Gasteiger partial charge in [0.05, 0.1) is 17.6 Å². The molecule has 2 rings (SSSR count). The molecular formula is C12H15N7O. The van der Waals surface area contributed by atoms with Gasteiger partial charge in [-0.3, -0.25) is 9.78 Å². The molecule has 104 valence electrons. The van der Waals surface area contributed by atoms with Gasteiger partial charge >= 0.3 is 0 Å². The number of anilines is 3. The van der Waals surface area contributed by atoms with Gasteiger partial charge in [-0.05, 0) is 6.07 Å². The van der Waals surface area contributed by atoms with Gasteiger partial charge in [0.25, 0.3) is 5.91 Å². The molecule has 0 atom stereocenters. The van der Waals surface area contributed by atoms with Crippen LogP contribution < -0.4 is 22.1 Å². The maximum absolute atomic E-state index is 12.1. The van der Waals surface area contributed by atoms with E-state index in [1.165, 1.54) is 18.6 Å². The molecule has 8 nitrogen and oxygen atoms in total. The van der Waals surface area contributed by atoms with Gasteiger partial charge < -0.3 is 22.1 Å². The summed E-state index contributed by atoms with van der Waals surface area (Å²) in [6.07, 6.45) is 5.97. The molecule has 0 aliphatic heterocycles. The number of carbonyl (C=O) groups is 1. The molecular weight excluding hydrogens is 258 g/mol. The molecule has 2 heterocycles. The smallest absolute Gasteiger partial charge is 0.278 e. The van der Waals surface area contributed by atoms with Crippen LogP contribution in [0.2, 0.25) is 0 Å². The molecule has 1 amide bonds. The van der Waals surface area contributed by atoms with Crippen LogP contribution in [0.4, 0.5) is 17.2 Å². The average Bonchev–Trinajstić information content (AvgIpc) is 2.46. The highest BCUT2D eigenvalue weighted by Gasteiger charge is 2.13. The third kappa shape index (κ3) is 3.18. The van der Waals surface area contributed by atoms with Crippen LogP contribution in [0, 0.1) is 0 Å². The number of nitrogens with two attached hydrogens (primary N) is 2. The first kappa shape index (κ1) is 13.7. The highest BCUT2D eigenvalue weighted by atomic mass is 16.1. The maximum Gasteiger partial charge on any atom is 0.278 e. The first-order chi connectivity index (χ1) is 9.72. The molecule has 0 saturated carbocycles. The Balaban J connectivity index is 2.18. The lowest BCUT2D eigenvalue weighted by atomic mass is 10.3. The van der Waals surface area contributed by atoms with E-state index in [0.717, 1.165) is 5.69 Å². The van der Waals surface area contributed by atoms with E-state index in [2.05, 4.69) is 25.6 Å². The van der Waals surface area contributed by atoms with Crippen LogP contribution in [0.1, 0.15) is 10.5 Å². The maximum atomic E-state index is 12.1. The summed E-state index contributed by atoms with van der Waals surface area (Å²) < 4.78 is 0. The average molecular weight is 273 g/mol. The van der Waals surface area contributed by atoms with Crippen LogP contribution in [-0.2, 0) is 0 Å². The number of hydrogen-bond donors (Lipinski definition) is 4. The Morgan fingerprint density at radius 2 is 2.00 bits per heavy atom. The Morgan fingerprint density at radius 3 is 2.75 bits per heavy atom. The summed E-state index contributed by atoms with van der Waals surface area (Å²) in [6.45, 7) is 1.06. The molecule has 6 N–H and O–H groups in total. The standard InChI is InChI=1S/C12H15N7O/c13-2-4-16-8-1-3-15-7-9(8)19-12(20)10-11(14)18-6-5-17-10/h1,3,5-7H,2,4,13H2,(H2,14,18)(H,15,16)(H,19,20). The number of nitrogens with one attached hydrogen (secondary N) is 2. The summed E-state index contributed by atoms with van der Waals surface area (Å²) in [5.74, 6) is -0.371. The molecule has 0 unspecified atom stereocenters. The van der Waals surface area contributed by atoms with Gasteiger partial charge in [-0.15, -0.1) is 0 Å². The van der Waals surface area contributed by atoms with Gasteiger partial charge in [-0.2, -0.15) is 0 Å². The van der Waals surface area contributed by atoms with Gasteiger partial charge in [0.2, 0.25) is 0 Å². The number of hydrogen-bond acceptors (Lipinski definition) is 7. The van der Waals surface area contributed by atoms with Crippen molar-refractivity contribution in [3.05, 3.63) is 36.5 Å². The summed E-state index contributed by atoms with van der Waals surface area (Å²) in [6, 6.07) is 1.74. The molecule has 0 fully saturated rings. The Kier molecular flexibility index (Phi) is 4.40. The summed E-state index contributed by atoms with van der Waals surface area (Å²) in [5.41, 5.74) is 12.4. The molecule has 8 heteroatoms. The third-order valence-electron chi connectivity index (χ3n) is 2.47. The molecule has 0 spiro atoms. The number of amides is 1. The fourth-order valence-electron chi connectivity index (χ4n) is 1.56. The lowest BCUT2D eigenvalue weighted by Gasteiger charge is -2.11. The predicted octanol–water partition coefficient (Wildman–Crippen LogP) is 0.0767.